The molecule has 0 fully saturated rings. The number of isocyanates is 3. The summed E-state index contributed by atoms with van der Waals surface area (Å²) in [5, 5.41) is 2.48. The Bertz CT molecular complexity index is 1750. The maximum absolute atomic E-state index is 13.3. The van der Waals surface area contributed by atoms with E-state index in [-0.39, 0.29) is 29.1 Å². The molecule has 14 nitrogen and oxygen atoms in total. The predicted molar refractivity (Wildman–Crippen MR) is 159 cm³/mol. The minimum Gasteiger partial charge on any atom is -0.449 e. The Morgan fingerprint density at radius 3 is 1.91 bits per heavy atom. The van der Waals surface area contributed by atoms with Crippen molar-refractivity contribution >= 4 is 59.1 Å². The summed E-state index contributed by atoms with van der Waals surface area (Å²) in [6, 6.07) is 14.4. The maximum Gasteiger partial charge on any atom is 0.352 e. The predicted octanol–water partition coefficient (Wildman–Crippen LogP) is 3.71. The summed E-state index contributed by atoms with van der Waals surface area (Å²) in [4.78, 5) is 93.7. The number of hydrogen-bond donors (Lipinski definition) is 1. The van der Waals surface area contributed by atoms with E-state index in [9.17, 15) is 33.6 Å². The summed E-state index contributed by atoms with van der Waals surface area (Å²) in [6.45, 7) is 4.26. The van der Waals surface area contributed by atoms with Crippen molar-refractivity contribution in [2.45, 2.75) is 45.4 Å². The first-order chi connectivity index (χ1) is 22.0. The first-order valence-electron chi connectivity index (χ1n) is 13.5. The number of aliphatic imine (C=N–C) groups is 3. The molecule has 3 aromatic carbocycles. The van der Waals surface area contributed by atoms with Crippen LogP contribution in [0.5, 0.6) is 5.75 Å². The van der Waals surface area contributed by atoms with Crippen molar-refractivity contribution < 1.29 is 47.8 Å². The number of benzene rings is 3. The smallest absolute Gasteiger partial charge is 0.352 e. The Labute approximate surface area is 261 Å². The number of esters is 3. The Kier molecular flexibility index (Phi) is 12.3. The SMILES string of the molecule is Cc1ccc(CC(NC(=O)C(C)OC(=O)c2ccc(N=C=O)cc2)C(=O)OC(C)C(=O)Oc2ccc(N=C=O)cc2)cc1N=C=O. The average Bonchev–Trinajstić information content (AvgIpc) is 3.03. The summed E-state index contributed by atoms with van der Waals surface area (Å²) in [7, 11) is 0. The topological polar surface area (TPSA) is 196 Å². The van der Waals surface area contributed by atoms with Crippen molar-refractivity contribution in [3.63, 3.8) is 0 Å². The molecule has 3 aromatic rings. The van der Waals surface area contributed by atoms with Gasteiger partial charge in [-0.3, -0.25) is 4.79 Å². The number of ether oxygens (including phenoxy) is 3. The van der Waals surface area contributed by atoms with Gasteiger partial charge in [0.2, 0.25) is 18.2 Å². The largest absolute Gasteiger partial charge is 0.449 e. The van der Waals surface area contributed by atoms with Crippen LogP contribution in [0.15, 0.2) is 81.7 Å². The van der Waals surface area contributed by atoms with Crippen molar-refractivity contribution in [1.82, 2.24) is 5.32 Å². The number of carbonyl (C=O) groups is 4. The van der Waals surface area contributed by atoms with Crippen LogP contribution in [0, 0.1) is 6.92 Å². The molecule has 3 atom stereocenters. The van der Waals surface area contributed by atoms with Gasteiger partial charge in [-0.25, -0.2) is 28.8 Å². The van der Waals surface area contributed by atoms with Crippen LogP contribution in [0.4, 0.5) is 17.1 Å². The number of rotatable bonds is 13. The van der Waals surface area contributed by atoms with Crippen LogP contribution in [0.2, 0.25) is 0 Å². The molecule has 0 spiro atoms. The normalized spacial score (nSPS) is 12.0. The van der Waals surface area contributed by atoms with Crippen LogP contribution in [0.1, 0.15) is 35.3 Å². The van der Waals surface area contributed by atoms with Crippen molar-refractivity contribution in [2.24, 2.45) is 15.0 Å². The van der Waals surface area contributed by atoms with Gasteiger partial charge in [0.15, 0.2) is 12.2 Å². The Morgan fingerprint density at radius 1 is 0.739 bits per heavy atom. The Balaban J connectivity index is 1.75. The van der Waals surface area contributed by atoms with Gasteiger partial charge >= 0.3 is 17.9 Å². The van der Waals surface area contributed by atoms with E-state index in [4.69, 9.17) is 14.2 Å². The Hall–Kier alpha value is -6.32. The summed E-state index contributed by atoms with van der Waals surface area (Å²) < 4.78 is 15.8. The number of carbonyl (C=O) groups excluding carboxylic acids is 7. The van der Waals surface area contributed by atoms with E-state index in [1.54, 1.807) is 19.1 Å². The second-order valence-electron chi connectivity index (χ2n) is 9.58. The van der Waals surface area contributed by atoms with Gasteiger partial charge in [-0.2, -0.15) is 15.0 Å². The molecule has 0 radical (unpaired) electrons. The molecule has 0 bridgehead atoms. The van der Waals surface area contributed by atoms with Gasteiger partial charge < -0.3 is 19.5 Å². The lowest BCUT2D eigenvalue weighted by molar-refractivity contribution is -0.163. The van der Waals surface area contributed by atoms with Crippen molar-refractivity contribution in [3.8, 4) is 5.75 Å². The molecule has 0 aromatic heterocycles. The van der Waals surface area contributed by atoms with E-state index in [1.165, 1.54) is 86.7 Å². The maximum atomic E-state index is 13.3. The molecule has 0 aliphatic carbocycles. The van der Waals surface area contributed by atoms with Crippen LogP contribution >= 0.6 is 0 Å². The molecule has 0 saturated carbocycles. The summed E-state index contributed by atoms with van der Waals surface area (Å²) >= 11 is 0. The van der Waals surface area contributed by atoms with Crippen LogP contribution in [-0.2, 0) is 44.7 Å². The quantitative estimate of drug-likeness (QED) is 0.126. The zero-order chi connectivity index (χ0) is 33.6. The van der Waals surface area contributed by atoms with E-state index < -0.39 is 42.1 Å². The third kappa shape index (κ3) is 9.87. The molecule has 1 N–H and O–H groups in total. The number of nitrogens with one attached hydrogen (secondary N) is 1. The first-order valence-corrected chi connectivity index (χ1v) is 13.5. The monoisotopic (exact) mass is 626 g/mol. The molecular formula is C32H26N4O10. The summed E-state index contributed by atoms with van der Waals surface area (Å²) in [5.74, 6) is -3.58. The minimum atomic E-state index is -1.42. The Morgan fingerprint density at radius 2 is 1.33 bits per heavy atom. The third-order valence-electron chi connectivity index (χ3n) is 6.27. The van der Waals surface area contributed by atoms with Crippen molar-refractivity contribution in [3.05, 3.63) is 83.4 Å². The standard InChI is InChI=1S/C32H26N4O10/c1-19-4-5-22(14-27(19)35-18-39)15-28(32(43)45-21(3)30(41)46-26-12-10-25(11-13-26)34-17-38)36-29(40)20(2)44-31(42)23-6-8-24(9-7-23)33-16-37/h4-14,20-21,28H,15H2,1-3H3,(H,36,40). The molecular weight excluding hydrogens is 600 g/mol. The number of hydrogen-bond acceptors (Lipinski definition) is 13. The molecule has 234 valence electrons. The molecule has 0 heterocycles. The van der Waals surface area contributed by atoms with Gasteiger partial charge in [-0.05, 0) is 86.5 Å². The first kappa shape index (κ1) is 34.2. The highest BCUT2D eigenvalue weighted by Crippen LogP contribution is 2.22. The number of amides is 1. The van der Waals surface area contributed by atoms with Gasteiger partial charge in [0, 0.05) is 6.42 Å². The van der Waals surface area contributed by atoms with Crippen LogP contribution < -0.4 is 10.1 Å². The fourth-order valence-corrected chi connectivity index (χ4v) is 3.82. The lowest BCUT2D eigenvalue weighted by Gasteiger charge is -2.22. The average molecular weight is 627 g/mol. The van der Waals surface area contributed by atoms with Gasteiger partial charge in [0.25, 0.3) is 5.91 Å². The number of nitrogens with zero attached hydrogens (tertiary/aromatic N) is 3. The van der Waals surface area contributed by atoms with E-state index in [1.807, 2.05) is 0 Å². The minimum absolute atomic E-state index is 0.0711. The number of aryl methyl sites for hydroxylation is 1. The van der Waals surface area contributed by atoms with E-state index in [0.717, 1.165) is 0 Å². The zero-order valence-corrected chi connectivity index (χ0v) is 24.7. The molecule has 0 aliphatic heterocycles. The highest BCUT2D eigenvalue weighted by molar-refractivity contribution is 5.93. The summed E-state index contributed by atoms with van der Waals surface area (Å²) in [5.41, 5.74) is 2.04. The van der Waals surface area contributed by atoms with Gasteiger partial charge in [0.1, 0.15) is 11.8 Å². The fraction of sp³-hybridized carbons (Fsp3) is 0.219. The molecule has 3 unspecified atom stereocenters. The van der Waals surface area contributed by atoms with E-state index in [0.29, 0.717) is 16.8 Å². The van der Waals surface area contributed by atoms with Crippen molar-refractivity contribution in [2.75, 3.05) is 0 Å². The zero-order valence-electron chi connectivity index (χ0n) is 24.7. The van der Waals surface area contributed by atoms with Gasteiger partial charge in [0.05, 0.1) is 22.6 Å². The molecule has 1 amide bonds. The third-order valence-corrected chi connectivity index (χ3v) is 6.27. The lowest BCUT2D eigenvalue weighted by atomic mass is 10.0. The fourth-order valence-electron chi connectivity index (χ4n) is 3.82. The van der Waals surface area contributed by atoms with Gasteiger partial charge in [-0.15, -0.1) is 0 Å². The van der Waals surface area contributed by atoms with Gasteiger partial charge in [-0.1, -0.05) is 12.1 Å². The highest BCUT2D eigenvalue weighted by atomic mass is 16.6. The van der Waals surface area contributed by atoms with E-state index in [2.05, 4.69) is 20.3 Å². The van der Waals surface area contributed by atoms with E-state index >= 15 is 0 Å². The molecule has 14 heteroatoms. The molecule has 3 rings (SSSR count). The molecule has 46 heavy (non-hydrogen) atoms. The van der Waals surface area contributed by atoms with Crippen LogP contribution in [-0.4, -0.2) is 60.3 Å². The van der Waals surface area contributed by atoms with Crippen molar-refractivity contribution in [1.29, 1.82) is 0 Å². The second-order valence-corrected chi connectivity index (χ2v) is 9.58. The molecule has 0 aliphatic rings. The second kappa shape index (κ2) is 16.5. The van der Waals surface area contributed by atoms with Crippen LogP contribution in [0.3, 0.4) is 0 Å². The lowest BCUT2D eigenvalue weighted by Crippen LogP contribution is -2.48. The van der Waals surface area contributed by atoms with Crippen LogP contribution in [0.25, 0.3) is 0 Å². The molecule has 0 saturated heterocycles. The highest BCUT2D eigenvalue weighted by Gasteiger charge is 2.30. The summed E-state index contributed by atoms with van der Waals surface area (Å²) in [6.07, 6.45) is 1.26.